The van der Waals surface area contributed by atoms with Gasteiger partial charge in [-0.05, 0) is 41.8 Å². The molecule has 0 bridgehead atoms. The molecule has 6 heteroatoms. The maximum atomic E-state index is 12.5. The molecule has 1 aliphatic heterocycles. The van der Waals surface area contributed by atoms with Gasteiger partial charge >= 0.3 is 0 Å². The summed E-state index contributed by atoms with van der Waals surface area (Å²) in [5.74, 6) is -0.885. The van der Waals surface area contributed by atoms with E-state index in [0.717, 1.165) is 12.0 Å². The van der Waals surface area contributed by atoms with Crippen molar-refractivity contribution in [3.8, 4) is 0 Å². The van der Waals surface area contributed by atoms with E-state index in [-0.39, 0.29) is 0 Å². The molecular formula is C17H16ClNO3S. The van der Waals surface area contributed by atoms with Crippen molar-refractivity contribution in [2.75, 3.05) is 10.7 Å². The zero-order valence-electron chi connectivity index (χ0n) is 12.6. The highest BCUT2D eigenvalue weighted by atomic mass is 35.5. The van der Waals surface area contributed by atoms with Gasteiger partial charge in [-0.3, -0.25) is 9.69 Å². The Labute approximate surface area is 140 Å². The largest absolute Gasteiger partial charge is 0.290 e. The molecule has 3 rings (SSSR count). The minimum absolute atomic E-state index is 0.408. The third kappa shape index (κ3) is 2.99. The Bertz CT molecular complexity index is 829. The van der Waals surface area contributed by atoms with Crippen LogP contribution in [0.15, 0.2) is 48.5 Å². The van der Waals surface area contributed by atoms with Crippen LogP contribution in [0.4, 0.5) is 5.69 Å². The van der Waals surface area contributed by atoms with Crippen LogP contribution in [0, 0.1) is 0 Å². The monoisotopic (exact) mass is 349 g/mol. The number of carbonyl (C=O) groups is 1. The van der Waals surface area contributed by atoms with E-state index in [4.69, 9.17) is 11.6 Å². The van der Waals surface area contributed by atoms with Crippen LogP contribution >= 0.6 is 11.6 Å². The van der Waals surface area contributed by atoms with Gasteiger partial charge in [0.15, 0.2) is 15.2 Å². The van der Waals surface area contributed by atoms with Gasteiger partial charge in [0.25, 0.3) is 0 Å². The summed E-state index contributed by atoms with van der Waals surface area (Å²) in [5.41, 5.74) is 2.26. The van der Waals surface area contributed by atoms with Crippen LogP contribution in [-0.2, 0) is 21.1 Å². The lowest BCUT2D eigenvalue weighted by molar-refractivity contribution is -0.115. The van der Waals surface area contributed by atoms with Crippen molar-refractivity contribution in [1.29, 1.82) is 0 Å². The van der Waals surface area contributed by atoms with E-state index in [1.165, 1.54) is 4.90 Å². The predicted octanol–water partition coefficient (Wildman–Crippen LogP) is 3.36. The Kier molecular flexibility index (Phi) is 4.17. The minimum Gasteiger partial charge on any atom is -0.290 e. The Balaban J connectivity index is 2.08. The number of anilines is 1. The fourth-order valence-electron chi connectivity index (χ4n) is 2.77. The molecule has 0 aliphatic carbocycles. The lowest BCUT2D eigenvalue weighted by Crippen LogP contribution is -2.29. The second-order valence-corrected chi connectivity index (χ2v) is 7.99. The number of rotatable bonds is 3. The molecule has 0 N–H and O–H groups in total. The van der Waals surface area contributed by atoms with Crippen molar-refractivity contribution in [2.45, 2.75) is 18.7 Å². The molecule has 1 fully saturated rings. The molecule has 2 aromatic rings. The number of sulfone groups is 1. The topological polar surface area (TPSA) is 54.5 Å². The first kappa shape index (κ1) is 16.0. The van der Waals surface area contributed by atoms with Crippen LogP contribution in [0.5, 0.6) is 0 Å². The smallest absolute Gasteiger partial charge is 0.243 e. The molecule has 0 radical (unpaired) electrons. The maximum Gasteiger partial charge on any atom is 0.243 e. The van der Waals surface area contributed by atoms with Crippen molar-refractivity contribution >= 4 is 33.0 Å². The summed E-state index contributed by atoms with van der Waals surface area (Å²) < 4.78 is 24.9. The van der Waals surface area contributed by atoms with Crippen LogP contribution in [0.3, 0.4) is 0 Å². The normalized spacial score (nSPS) is 20.0. The van der Waals surface area contributed by atoms with Gasteiger partial charge in [0.05, 0.1) is 0 Å². The lowest BCUT2D eigenvalue weighted by atomic mass is 10.1. The number of amides is 1. The van der Waals surface area contributed by atoms with Gasteiger partial charge in [-0.2, -0.15) is 0 Å². The molecule has 1 atom stereocenters. The van der Waals surface area contributed by atoms with Crippen LogP contribution in [0.25, 0.3) is 0 Å². The molecule has 1 unspecified atom stereocenters. The maximum absolute atomic E-state index is 12.5. The Hall–Kier alpha value is -1.85. The summed E-state index contributed by atoms with van der Waals surface area (Å²) in [6.45, 7) is 2.04. The highest BCUT2D eigenvalue weighted by molar-refractivity contribution is 7.93. The van der Waals surface area contributed by atoms with Gasteiger partial charge in [0.2, 0.25) is 5.91 Å². The number of hydrogen-bond donors (Lipinski definition) is 0. The van der Waals surface area contributed by atoms with Crippen molar-refractivity contribution in [1.82, 2.24) is 0 Å². The second-order valence-electron chi connectivity index (χ2n) is 5.49. The molecule has 120 valence electrons. The zero-order valence-corrected chi connectivity index (χ0v) is 14.1. The van der Waals surface area contributed by atoms with Gasteiger partial charge < -0.3 is 0 Å². The molecule has 1 aliphatic rings. The van der Waals surface area contributed by atoms with Crippen molar-refractivity contribution in [3.05, 3.63) is 64.7 Å². The number of benzene rings is 2. The molecule has 1 amide bonds. The number of halogens is 1. The van der Waals surface area contributed by atoms with Crippen LogP contribution in [0.2, 0.25) is 5.02 Å². The summed E-state index contributed by atoms with van der Waals surface area (Å²) in [6, 6.07) is 14.0. The van der Waals surface area contributed by atoms with E-state index in [9.17, 15) is 13.2 Å². The lowest BCUT2D eigenvalue weighted by Gasteiger charge is -2.24. The standard InChI is InChI=1S/C17H16ClNO3S/c1-2-12-3-9-15(10-4-12)19-16(20)11-23(21,22)17(19)13-5-7-14(18)8-6-13/h3-10,17H,2,11H2,1H3. The molecule has 0 aromatic heterocycles. The SMILES string of the molecule is CCc1ccc(N2C(=O)CS(=O)(=O)C2c2ccc(Cl)cc2)cc1. The summed E-state index contributed by atoms with van der Waals surface area (Å²) in [5, 5.41) is -0.478. The van der Waals surface area contributed by atoms with Crippen LogP contribution in [-0.4, -0.2) is 20.1 Å². The second kappa shape index (κ2) is 5.98. The highest BCUT2D eigenvalue weighted by Crippen LogP contribution is 2.37. The third-order valence-corrected chi connectivity index (χ3v) is 6.01. The molecule has 1 saturated heterocycles. The average molecular weight is 350 g/mol. The van der Waals surface area contributed by atoms with Crippen molar-refractivity contribution in [3.63, 3.8) is 0 Å². The number of hydrogen-bond acceptors (Lipinski definition) is 3. The van der Waals surface area contributed by atoms with Gasteiger partial charge in [-0.15, -0.1) is 0 Å². The molecule has 23 heavy (non-hydrogen) atoms. The van der Waals surface area contributed by atoms with E-state index in [1.807, 2.05) is 19.1 Å². The van der Waals surface area contributed by atoms with E-state index in [2.05, 4.69) is 0 Å². The zero-order chi connectivity index (χ0) is 16.6. The minimum atomic E-state index is -3.58. The molecule has 0 spiro atoms. The van der Waals surface area contributed by atoms with E-state index >= 15 is 0 Å². The number of nitrogens with zero attached hydrogens (tertiary/aromatic N) is 1. The molecule has 1 heterocycles. The van der Waals surface area contributed by atoms with Crippen LogP contribution < -0.4 is 4.90 Å². The fourth-order valence-corrected chi connectivity index (χ4v) is 4.67. The quantitative estimate of drug-likeness (QED) is 0.853. The van der Waals surface area contributed by atoms with Crippen LogP contribution in [0.1, 0.15) is 23.4 Å². The van der Waals surface area contributed by atoms with Gasteiger partial charge in [0, 0.05) is 10.7 Å². The van der Waals surface area contributed by atoms with Gasteiger partial charge in [0.1, 0.15) is 5.75 Å². The number of aryl methyl sites for hydroxylation is 1. The Morgan fingerprint density at radius 2 is 1.70 bits per heavy atom. The summed E-state index contributed by atoms with van der Waals surface area (Å²) in [7, 11) is -3.58. The Morgan fingerprint density at radius 3 is 2.26 bits per heavy atom. The van der Waals surface area contributed by atoms with E-state index in [1.54, 1.807) is 36.4 Å². The molecular weight excluding hydrogens is 334 g/mol. The molecule has 2 aromatic carbocycles. The summed E-state index contributed by atoms with van der Waals surface area (Å²) in [4.78, 5) is 13.7. The van der Waals surface area contributed by atoms with E-state index in [0.29, 0.717) is 16.3 Å². The first-order valence-corrected chi connectivity index (χ1v) is 9.40. The molecule has 4 nitrogen and oxygen atoms in total. The first-order chi connectivity index (χ1) is 10.9. The van der Waals surface area contributed by atoms with Crippen molar-refractivity contribution < 1.29 is 13.2 Å². The van der Waals surface area contributed by atoms with Crippen molar-refractivity contribution in [2.24, 2.45) is 0 Å². The predicted molar refractivity (Wildman–Crippen MR) is 91.3 cm³/mol. The first-order valence-electron chi connectivity index (χ1n) is 7.30. The van der Waals surface area contributed by atoms with Gasteiger partial charge in [-0.1, -0.05) is 42.8 Å². The number of carbonyl (C=O) groups excluding carboxylic acids is 1. The summed E-state index contributed by atoms with van der Waals surface area (Å²) >= 11 is 5.87. The third-order valence-electron chi connectivity index (χ3n) is 3.95. The Morgan fingerprint density at radius 1 is 1.09 bits per heavy atom. The average Bonchev–Trinajstić information content (AvgIpc) is 2.77. The summed E-state index contributed by atoms with van der Waals surface area (Å²) in [6.07, 6.45) is 0.882. The fraction of sp³-hybridized carbons (Fsp3) is 0.235. The van der Waals surface area contributed by atoms with E-state index < -0.39 is 26.9 Å². The molecule has 0 saturated carbocycles. The highest BCUT2D eigenvalue weighted by Gasteiger charge is 2.45. The van der Waals surface area contributed by atoms with Gasteiger partial charge in [-0.25, -0.2) is 8.42 Å².